The van der Waals surface area contributed by atoms with Gasteiger partial charge >= 0.3 is 5.97 Å². The molecule has 0 saturated carbocycles. The first kappa shape index (κ1) is 15.3. The van der Waals surface area contributed by atoms with E-state index in [9.17, 15) is 14.7 Å². The van der Waals surface area contributed by atoms with Crippen LogP contribution in [0.3, 0.4) is 0 Å². The van der Waals surface area contributed by atoms with Crippen molar-refractivity contribution in [2.24, 2.45) is 0 Å². The Hall–Kier alpha value is -3.08. The molecule has 22 heavy (non-hydrogen) atoms. The van der Waals surface area contributed by atoms with Gasteiger partial charge in [0.15, 0.2) is 5.78 Å². The molecule has 0 aromatic heterocycles. The summed E-state index contributed by atoms with van der Waals surface area (Å²) in [7, 11) is 1.56. The molecular formula is C17H14O5. The number of rotatable bonds is 5. The van der Waals surface area contributed by atoms with Crippen LogP contribution in [0.15, 0.2) is 48.5 Å². The average molecular weight is 298 g/mol. The SMILES string of the molecule is COc1ccc(C=CC(=O)c2cc(C(=O)O)ccc2O)cc1. The molecule has 0 aliphatic rings. The summed E-state index contributed by atoms with van der Waals surface area (Å²) < 4.78 is 5.04. The largest absolute Gasteiger partial charge is 0.507 e. The van der Waals surface area contributed by atoms with Gasteiger partial charge in [-0.15, -0.1) is 0 Å². The van der Waals surface area contributed by atoms with Gasteiger partial charge in [-0.2, -0.15) is 0 Å². The highest BCUT2D eigenvalue weighted by Gasteiger charge is 2.12. The monoisotopic (exact) mass is 298 g/mol. The molecule has 0 atom stereocenters. The van der Waals surface area contributed by atoms with E-state index in [1.54, 1.807) is 37.5 Å². The van der Waals surface area contributed by atoms with Gasteiger partial charge in [0.2, 0.25) is 0 Å². The summed E-state index contributed by atoms with van der Waals surface area (Å²) in [5.41, 5.74) is 0.673. The smallest absolute Gasteiger partial charge is 0.335 e. The summed E-state index contributed by atoms with van der Waals surface area (Å²) in [6.07, 6.45) is 2.86. The molecular weight excluding hydrogens is 284 g/mol. The number of phenolic OH excluding ortho intramolecular Hbond substituents is 1. The van der Waals surface area contributed by atoms with Crippen molar-refractivity contribution in [1.29, 1.82) is 0 Å². The molecule has 112 valence electrons. The zero-order chi connectivity index (χ0) is 16.1. The number of methoxy groups -OCH3 is 1. The number of benzene rings is 2. The van der Waals surface area contributed by atoms with Gasteiger partial charge in [-0.1, -0.05) is 18.2 Å². The Morgan fingerprint density at radius 1 is 1.09 bits per heavy atom. The Morgan fingerprint density at radius 3 is 2.36 bits per heavy atom. The lowest BCUT2D eigenvalue weighted by molar-refractivity contribution is 0.0697. The number of ether oxygens (including phenoxy) is 1. The van der Waals surface area contributed by atoms with Crippen molar-refractivity contribution in [3.63, 3.8) is 0 Å². The van der Waals surface area contributed by atoms with Crippen molar-refractivity contribution in [1.82, 2.24) is 0 Å². The lowest BCUT2D eigenvalue weighted by Crippen LogP contribution is -2.01. The molecule has 0 saturated heterocycles. The fourth-order valence-corrected chi connectivity index (χ4v) is 1.84. The normalized spacial score (nSPS) is 10.6. The van der Waals surface area contributed by atoms with E-state index in [0.29, 0.717) is 5.75 Å². The van der Waals surface area contributed by atoms with Crippen LogP contribution >= 0.6 is 0 Å². The Kier molecular flexibility index (Phi) is 4.58. The highest BCUT2D eigenvalue weighted by Crippen LogP contribution is 2.20. The van der Waals surface area contributed by atoms with Crippen molar-refractivity contribution < 1.29 is 24.5 Å². The molecule has 2 rings (SSSR count). The number of aromatic carboxylic acids is 1. The fourth-order valence-electron chi connectivity index (χ4n) is 1.84. The van der Waals surface area contributed by atoms with Crippen LogP contribution in [0.4, 0.5) is 0 Å². The Labute approximate surface area is 127 Å². The number of hydrogen-bond acceptors (Lipinski definition) is 4. The highest BCUT2D eigenvalue weighted by atomic mass is 16.5. The Bertz CT molecular complexity index is 729. The Morgan fingerprint density at radius 2 is 1.77 bits per heavy atom. The second kappa shape index (κ2) is 6.58. The minimum Gasteiger partial charge on any atom is -0.507 e. The zero-order valence-electron chi connectivity index (χ0n) is 11.8. The molecule has 5 heteroatoms. The van der Waals surface area contributed by atoms with E-state index in [2.05, 4.69) is 0 Å². The predicted molar refractivity (Wildman–Crippen MR) is 81.4 cm³/mol. The third-order valence-electron chi connectivity index (χ3n) is 3.05. The topological polar surface area (TPSA) is 83.8 Å². The van der Waals surface area contributed by atoms with Crippen molar-refractivity contribution in [3.05, 3.63) is 65.2 Å². The maximum Gasteiger partial charge on any atom is 0.335 e. The summed E-state index contributed by atoms with van der Waals surface area (Å²) in [6.45, 7) is 0. The number of aromatic hydroxyl groups is 1. The number of carboxylic acid groups (broad SMARTS) is 1. The van der Waals surface area contributed by atoms with Gasteiger partial charge in [-0.3, -0.25) is 4.79 Å². The van der Waals surface area contributed by atoms with Crippen molar-refractivity contribution in [3.8, 4) is 11.5 Å². The molecule has 0 aliphatic heterocycles. The maximum absolute atomic E-state index is 12.1. The molecule has 2 aromatic rings. The molecule has 0 fully saturated rings. The van der Waals surface area contributed by atoms with Gasteiger partial charge in [0, 0.05) is 0 Å². The first-order valence-electron chi connectivity index (χ1n) is 6.44. The predicted octanol–water partition coefficient (Wildman–Crippen LogP) is 3.00. The third-order valence-corrected chi connectivity index (χ3v) is 3.05. The zero-order valence-corrected chi connectivity index (χ0v) is 11.8. The van der Waals surface area contributed by atoms with E-state index >= 15 is 0 Å². The lowest BCUT2D eigenvalue weighted by Gasteiger charge is -2.02. The Balaban J connectivity index is 2.22. The first-order valence-corrected chi connectivity index (χ1v) is 6.44. The lowest BCUT2D eigenvalue weighted by atomic mass is 10.0. The van der Waals surface area contributed by atoms with Crippen LogP contribution < -0.4 is 4.74 Å². The summed E-state index contributed by atoms with van der Waals surface area (Å²) in [5, 5.41) is 18.6. The summed E-state index contributed by atoms with van der Waals surface area (Å²) in [5.74, 6) is -1.19. The maximum atomic E-state index is 12.1. The summed E-state index contributed by atoms with van der Waals surface area (Å²) in [6, 6.07) is 10.6. The van der Waals surface area contributed by atoms with E-state index in [1.165, 1.54) is 18.2 Å². The minimum atomic E-state index is -1.16. The van der Waals surface area contributed by atoms with Crippen LogP contribution in [0.25, 0.3) is 6.08 Å². The number of phenols is 1. The molecule has 0 heterocycles. The van der Waals surface area contributed by atoms with E-state index in [0.717, 1.165) is 11.6 Å². The van der Waals surface area contributed by atoms with Gasteiger partial charge in [0.1, 0.15) is 11.5 Å². The van der Waals surface area contributed by atoms with Crippen molar-refractivity contribution in [2.45, 2.75) is 0 Å². The molecule has 0 bridgehead atoms. The minimum absolute atomic E-state index is 0.0512. The number of carbonyl (C=O) groups excluding carboxylic acids is 1. The van der Waals surface area contributed by atoms with E-state index < -0.39 is 11.8 Å². The van der Waals surface area contributed by atoms with E-state index in [1.807, 2.05) is 0 Å². The van der Waals surface area contributed by atoms with Crippen molar-refractivity contribution in [2.75, 3.05) is 7.11 Å². The second-order valence-electron chi connectivity index (χ2n) is 4.51. The van der Waals surface area contributed by atoms with Crippen LogP contribution in [0.1, 0.15) is 26.3 Å². The number of allylic oxidation sites excluding steroid dienone is 1. The van der Waals surface area contributed by atoms with Gasteiger partial charge < -0.3 is 14.9 Å². The molecule has 5 nitrogen and oxygen atoms in total. The fraction of sp³-hybridized carbons (Fsp3) is 0.0588. The molecule has 0 amide bonds. The van der Waals surface area contributed by atoms with Gasteiger partial charge in [-0.05, 0) is 42.0 Å². The molecule has 2 N–H and O–H groups in total. The number of ketones is 1. The molecule has 0 radical (unpaired) electrons. The third kappa shape index (κ3) is 3.52. The van der Waals surface area contributed by atoms with Crippen LogP contribution in [0, 0.1) is 0 Å². The second-order valence-corrected chi connectivity index (χ2v) is 4.51. The number of carboxylic acids is 1. The number of carbonyl (C=O) groups is 2. The van der Waals surface area contributed by atoms with E-state index in [4.69, 9.17) is 9.84 Å². The molecule has 0 aliphatic carbocycles. The summed E-state index contributed by atoms with van der Waals surface area (Å²) in [4.78, 5) is 23.0. The first-order chi connectivity index (χ1) is 10.5. The quantitative estimate of drug-likeness (QED) is 0.655. The van der Waals surface area contributed by atoms with Crippen LogP contribution in [-0.4, -0.2) is 29.1 Å². The standard InChI is InChI=1S/C17H14O5/c1-22-13-6-2-11(3-7-13)4-8-15(18)14-10-12(17(20)21)5-9-16(14)19/h2-10,19H,1H3,(H,20,21). The van der Waals surface area contributed by atoms with E-state index in [-0.39, 0.29) is 16.9 Å². The molecule has 0 spiro atoms. The van der Waals surface area contributed by atoms with Crippen LogP contribution in [0.2, 0.25) is 0 Å². The van der Waals surface area contributed by atoms with Crippen molar-refractivity contribution >= 4 is 17.8 Å². The van der Waals surface area contributed by atoms with Gasteiger partial charge in [0.25, 0.3) is 0 Å². The molecule has 2 aromatic carbocycles. The van der Waals surface area contributed by atoms with Crippen LogP contribution in [-0.2, 0) is 0 Å². The van der Waals surface area contributed by atoms with Gasteiger partial charge in [0.05, 0.1) is 18.2 Å². The van der Waals surface area contributed by atoms with Crippen LogP contribution in [0.5, 0.6) is 11.5 Å². The summed E-state index contributed by atoms with van der Waals surface area (Å²) >= 11 is 0. The highest BCUT2D eigenvalue weighted by molar-refractivity contribution is 6.09. The molecule has 0 unspecified atom stereocenters. The number of hydrogen-bond donors (Lipinski definition) is 2. The average Bonchev–Trinajstić information content (AvgIpc) is 2.53. The van der Waals surface area contributed by atoms with Gasteiger partial charge in [-0.25, -0.2) is 4.79 Å².